The Balaban J connectivity index is 0.00000288. The number of unbranched alkanes of at least 4 members (excludes halogenated alkanes) is 1. The summed E-state index contributed by atoms with van der Waals surface area (Å²) in [5.41, 5.74) is 1.51. The molecule has 0 spiro atoms. The van der Waals surface area contributed by atoms with Gasteiger partial charge in [0, 0.05) is 57.9 Å². The van der Waals surface area contributed by atoms with Crippen LogP contribution in [0.1, 0.15) is 30.2 Å². The quantitative estimate of drug-likeness (QED) is 0.254. The van der Waals surface area contributed by atoms with Crippen LogP contribution in [0.15, 0.2) is 16.4 Å². The summed E-state index contributed by atoms with van der Waals surface area (Å²) in [7, 11) is 1.83. The van der Waals surface area contributed by atoms with Crippen molar-refractivity contribution in [3.05, 3.63) is 21.9 Å². The molecule has 0 amide bonds. The molecular weight excluding hydrogens is 435 g/mol. The Hall–Kier alpha value is -0.380. The molecule has 5 nitrogen and oxygen atoms in total. The molecule has 1 aromatic heterocycles. The smallest absolute Gasteiger partial charge is 0.191 e. The normalized spacial score (nSPS) is 14.8. The number of rotatable bonds is 9. The number of halogens is 1. The van der Waals surface area contributed by atoms with Crippen molar-refractivity contribution in [2.75, 3.05) is 46.4 Å². The van der Waals surface area contributed by atoms with Gasteiger partial charge >= 0.3 is 0 Å². The topological polar surface area (TPSA) is 48.9 Å². The molecule has 138 valence electrons. The van der Waals surface area contributed by atoms with E-state index in [1.165, 1.54) is 18.5 Å². The maximum Gasteiger partial charge on any atom is 0.191 e. The summed E-state index contributed by atoms with van der Waals surface area (Å²) < 4.78 is 5.34. The van der Waals surface area contributed by atoms with Gasteiger partial charge in [0.15, 0.2) is 5.96 Å². The largest absolute Gasteiger partial charge is 0.382 e. The van der Waals surface area contributed by atoms with E-state index in [-0.39, 0.29) is 24.0 Å². The predicted molar refractivity (Wildman–Crippen MR) is 114 cm³/mol. The van der Waals surface area contributed by atoms with Crippen LogP contribution in [0.2, 0.25) is 0 Å². The van der Waals surface area contributed by atoms with Crippen molar-refractivity contribution in [3.63, 3.8) is 0 Å². The van der Waals surface area contributed by atoms with Gasteiger partial charge < -0.3 is 15.4 Å². The molecule has 2 N–H and O–H groups in total. The molecule has 0 fully saturated rings. The Kier molecular flexibility index (Phi) is 11.7. The van der Waals surface area contributed by atoms with Gasteiger partial charge in [-0.1, -0.05) is 0 Å². The Morgan fingerprint density at radius 2 is 2.17 bits per heavy atom. The van der Waals surface area contributed by atoms with E-state index in [9.17, 15) is 0 Å². The number of thiophene rings is 1. The van der Waals surface area contributed by atoms with Crippen molar-refractivity contribution in [1.29, 1.82) is 0 Å². The van der Waals surface area contributed by atoms with Crippen molar-refractivity contribution in [1.82, 2.24) is 15.5 Å². The molecule has 1 aromatic rings. The van der Waals surface area contributed by atoms with Crippen LogP contribution in [0.5, 0.6) is 0 Å². The number of ether oxygens (including phenoxy) is 1. The zero-order chi connectivity index (χ0) is 16.3. The Bertz CT molecular complexity index is 481. The molecule has 24 heavy (non-hydrogen) atoms. The zero-order valence-electron chi connectivity index (χ0n) is 14.8. The standard InChI is InChI=1S/C17H30N4OS.HI/c1-3-22-12-5-4-8-19-17(18-2)20-9-11-21-10-6-16-15(14-21)7-13-23-16;/h7,13H,3-6,8-12,14H2,1-2H3,(H2,18,19,20);1H. The first kappa shape index (κ1) is 21.7. The molecule has 0 radical (unpaired) electrons. The first-order valence-corrected chi connectivity index (χ1v) is 9.51. The summed E-state index contributed by atoms with van der Waals surface area (Å²) in [5, 5.41) is 8.98. The van der Waals surface area contributed by atoms with Crippen LogP contribution < -0.4 is 10.6 Å². The molecule has 7 heteroatoms. The van der Waals surface area contributed by atoms with Crippen LogP contribution in [0, 0.1) is 0 Å². The van der Waals surface area contributed by atoms with Crippen LogP contribution in [0.3, 0.4) is 0 Å². The molecular formula is C17H31IN4OS. The highest BCUT2D eigenvalue weighted by Gasteiger charge is 2.16. The van der Waals surface area contributed by atoms with Gasteiger partial charge in [-0.2, -0.15) is 0 Å². The molecule has 0 aliphatic carbocycles. The van der Waals surface area contributed by atoms with Crippen LogP contribution in [-0.4, -0.2) is 57.3 Å². The van der Waals surface area contributed by atoms with Crippen molar-refractivity contribution in [2.45, 2.75) is 32.7 Å². The van der Waals surface area contributed by atoms with Crippen LogP contribution in [-0.2, 0) is 17.7 Å². The zero-order valence-corrected chi connectivity index (χ0v) is 18.0. The third-order valence-electron chi connectivity index (χ3n) is 4.04. The number of nitrogens with zero attached hydrogens (tertiary/aromatic N) is 2. The van der Waals surface area contributed by atoms with Gasteiger partial charge in [-0.25, -0.2) is 0 Å². The molecule has 1 aliphatic heterocycles. The predicted octanol–water partition coefficient (Wildman–Crippen LogP) is 2.71. The fourth-order valence-corrected chi connectivity index (χ4v) is 3.62. The lowest BCUT2D eigenvalue weighted by atomic mass is 10.1. The third-order valence-corrected chi connectivity index (χ3v) is 5.07. The average molecular weight is 466 g/mol. The Morgan fingerprint density at radius 1 is 1.33 bits per heavy atom. The lowest BCUT2D eigenvalue weighted by molar-refractivity contribution is 0.143. The second-order valence-corrected chi connectivity index (χ2v) is 6.73. The third kappa shape index (κ3) is 7.67. The lowest BCUT2D eigenvalue weighted by Gasteiger charge is -2.27. The number of hydrogen-bond acceptors (Lipinski definition) is 4. The van der Waals surface area contributed by atoms with Gasteiger partial charge in [0.05, 0.1) is 0 Å². The Labute approximate surface area is 167 Å². The number of nitrogens with one attached hydrogen (secondary N) is 2. The van der Waals surface area contributed by atoms with Crippen LogP contribution in [0.25, 0.3) is 0 Å². The van der Waals surface area contributed by atoms with Crippen molar-refractivity contribution in [3.8, 4) is 0 Å². The first-order valence-electron chi connectivity index (χ1n) is 8.63. The first-order chi connectivity index (χ1) is 11.3. The van der Waals surface area contributed by atoms with Crippen LogP contribution >= 0.6 is 35.3 Å². The molecule has 0 unspecified atom stereocenters. The highest BCUT2D eigenvalue weighted by atomic mass is 127. The minimum Gasteiger partial charge on any atom is -0.382 e. The van der Waals surface area contributed by atoms with Gasteiger partial charge in [-0.3, -0.25) is 9.89 Å². The average Bonchev–Trinajstić information content (AvgIpc) is 3.04. The summed E-state index contributed by atoms with van der Waals surface area (Å²) in [6.45, 7) is 8.87. The lowest BCUT2D eigenvalue weighted by Crippen LogP contribution is -2.42. The van der Waals surface area contributed by atoms with E-state index in [1.54, 1.807) is 4.88 Å². The maximum atomic E-state index is 5.34. The molecule has 2 rings (SSSR count). The Morgan fingerprint density at radius 3 is 2.96 bits per heavy atom. The molecule has 1 aliphatic rings. The number of hydrogen-bond donors (Lipinski definition) is 2. The van der Waals surface area contributed by atoms with E-state index in [1.807, 2.05) is 25.3 Å². The summed E-state index contributed by atoms with van der Waals surface area (Å²) in [6.07, 6.45) is 3.39. The fourth-order valence-electron chi connectivity index (χ4n) is 2.73. The highest BCUT2D eigenvalue weighted by molar-refractivity contribution is 14.0. The summed E-state index contributed by atoms with van der Waals surface area (Å²) in [4.78, 5) is 8.36. The van der Waals surface area contributed by atoms with E-state index < -0.39 is 0 Å². The summed E-state index contributed by atoms with van der Waals surface area (Å²) in [5.74, 6) is 0.898. The maximum absolute atomic E-state index is 5.34. The van der Waals surface area contributed by atoms with Crippen molar-refractivity contribution >= 4 is 41.3 Å². The number of aliphatic imine (C=N–C) groups is 1. The molecule has 0 atom stereocenters. The molecule has 0 saturated heterocycles. The molecule has 2 heterocycles. The number of guanidine groups is 1. The second-order valence-electron chi connectivity index (χ2n) is 5.72. The molecule has 0 bridgehead atoms. The van der Waals surface area contributed by atoms with E-state index in [0.29, 0.717) is 0 Å². The van der Waals surface area contributed by atoms with Gasteiger partial charge in [0.25, 0.3) is 0 Å². The van der Waals surface area contributed by atoms with Gasteiger partial charge in [-0.15, -0.1) is 35.3 Å². The van der Waals surface area contributed by atoms with E-state index in [0.717, 1.165) is 58.2 Å². The second kappa shape index (κ2) is 12.9. The van der Waals surface area contributed by atoms with E-state index >= 15 is 0 Å². The summed E-state index contributed by atoms with van der Waals surface area (Å²) in [6, 6.07) is 2.27. The monoisotopic (exact) mass is 466 g/mol. The van der Waals surface area contributed by atoms with E-state index in [4.69, 9.17) is 4.74 Å². The minimum absolute atomic E-state index is 0. The number of fused-ring (bicyclic) bond motifs is 1. The van der Waals surface area contributed by atoms with Crippen molar-refractivity contribution in [2.24, 2.45) is 4.99 Å². The minimum atomic E-state index is 0. The van der Waals surface area contributed by atoms with Gasteiger partial charge in [0.1, 0.15) is 0 Å². The van der Waals surface area contributed by atoms with Crippen LogP contribution in [0.4, 0.5) is 0 Å². The van der Waals surface area contributed by atoms with Gasteiger partial charge in [0.2, 0.25) is 0 Å². The van der Waals surface area contributed by atoms with E-state index in [2.05, 4.69) is 32.0 Å². The molecule has 0 aromatic carbocycles. The highest BCUT2D eigenvalue weighted by Crippen LogP contribution is 2.23. The fraction of sp³-hybridized carbons (Fsp3) is 0.706. The summed E-state index contributed by atoms with van der Waals surface area (Å²) >= 11 is 1.90. The molecule has 0 saturated carbocycles. The van der Waals surface area contributed by atoms with Crippen molar-refractivity contribution < 1.29 is 4.74 Å². The van der Waals surface area contributed by atoms with Gasteiger partial charge in [-0.05, 0) is 43.2 Å². The SMILES string of the molecule is CCOCCCCNC(=NC)NCCN1CCc2sccc2C1.I.